The van der Waals surface area contributed by atoms with Gasteiger partial charge < -0.3 is 10.1 Å². The van der Waals surface area contributed by atoms with Crippen molar-refractivity contribution in [2.45, 2.75) is 19.5 Å². The summed E-state index contributed by atoms with van der Waals surface area (Å²) in [5.74, 6) is 0. The van der Waals surface area contributed by atoms with Crippen LogP contribution in [0.1, 0.15) is 16.8 Å². The van der Waals surface area contributed by atoms with E-state index in [1.807, 2.05) is 36.5 Å². The molecule has 4 nitrogen and oxygen atoms in total. The molecule has 0 unspecified atom stereocenters. The summed E-state index contributed by atoms with van der Waals surface area (Å²) in [6.45, 7) is 2.84. The Balaban J connectivity index is 1.57. The number of hydrogen-bond donors (Lipinski definition) is 1. The second kappa shape index (κ2) is 4.90. The maximum Gasteiger partial charge on any atom is 0.137 e. The van der Waals surface area contributed by atoms with Crippen LogP contribution in [0.3, 0.4) is 0 Å². The first kappa shape index (κ1) is 12.4. The second-order valence-corrected chi connectivity index (χ2v) is 5.64. The monoisotopic (exact) mass is 278 g/mol. The molecule has 4 heteroatoms. The number of anilines is 1. The second-order valence-electron chi connectivity index (χ2n) is 5.64. The maximum absolute atomic E-state index is 6.11. The summed E-state index contributed by atoms with van der Waals surface area (Å²) in [6, 6.07) is 12.3. The molecule has 21 heavy (non-hydrogen) atoms. The Labute approximate surface area is 123 Å². The van der Waals surface area contributed by atoms with Gasteiger partial charge in [0, 0.05) is 37.7 Å². The molecule has 3 heterocycles. The molecule has 1 aliphatic rings. The van der Waals surface area contributed by atoms with Crippen molar-refractivity contribution in [1.82, 2.24) is 14.3 Å². The minimum atomic E-state index is 0.870. The van der Waals surface area contributed by atoms with E-state index in [2.05, 4.69) is 26.5 Å². The van der Waals surface area contributed by atoms with Crippen LogP contribution in [0.25, 0.3) is 5.65 Å². The molecule has 1 aromatic carbocycles. The highest BCUT2D eigenvalue weighted by Crippen LogP contribution is 2.25. The molecular formula is C17H18N4. The van der Waals surface area contributed by atoms with E-state index in [9.17, 15) is 0 Å². The summed E-state index contributed by atoms with van der Waals surface area (Å²) in [6.07, 6.45) is 5.21. The van der Waals surface area contributed by atoms with Crippen LogP contribution in [-0.4, -0.2) is 20.8 Å². The third-order valence-corrected chi connectivity index (χ3v) is 4.19. The van der Waals surface area contributed by atoms with Gasteiger partial charge in [-0.1, -0.05) is 18.2 Å². The van der Waals surface area contributed by atoms with Gasteiger partial charge in [0.1, 0.15) is 5.65 Å². The van der Waals surface area contributed by atoms with Crippen molar-refractivity contribution >= 4 is 11.3 Å². The predicted molar refractivity (Wildman–Crippen MR) is 83.9 cm³/mol. The Bertz CT molecular complexity index is 757. The van der Waals surface area contributed by atoms with Gasteiger partial charge in [-0.15, -0.1) is 0 Å². The lowest BCUT2D eigenvalue weighted by molar-refractivity contribution is 0.243. The number of fused-ring (bicyclic) bond motifs is 2. The van der Waals surface area contributed by atoms with Crippen LogP contribution in [0.5, 0.6) is 0 Å². The topological polar surface area (TPSA) is 46.6 Å². The first-order chi connectivity index (χ1) is 10.3. The summed E-state index contributed by atoms with van der Waals surface area (Å²) in [7, 11) is 0. The van der Waals surface area contributed by atoms with Gasteiger partial charge in [0.05, 0.1) is 5.69 Å². The van der Waals surface area contributed by atoms with Crippen LogP contribution in [0, 0.1) is 0 Å². The quantitative estimate of drug-likeness (QED) is 0.733. The van der Waals surface area contributed by atoms with Crippen molar-refractivity contribution < 1.29 is 0 Å². The normalized spacial score (nSPS) is 15.2. The molecule has 0 radical (unpaired) electrons. The number of nitrogens with two attached hydrogens (primary N) is 1. The van der Waals surface area contributed by atoms with Crippen molar-refractivity contribution in [2.75, 3.05) is 12.3 Å². The van der Waals surface area contributed by atoms with Crippen LogP contribution >= 0.6 is 0 Å². The number of benzene rings is 1. The molecule has 106 valence electrons. The van der Waals surface area contributed by atoms with E-state index < -0.39 is 0 Å². The molecule has 0 bridgehead atoms. The first-order valence-corrected chi connectivity index (χ1v) is 7.31. The Morgan fingerprint density at radius 2 is 2.10 bits per heavy atom. The van der Waals surface area contributed by atoms with Crippen molar-refractivity contribution in [2.24, 2.45) is 0 Å². The summed E-state index contributed by atoms with van der Waals surface area (Å²) in [5, 5.41) is 0. The van der Waals surface area contributed by atoms with Crippen molar-refractivity contribution in [3.8, 4) is 0 Å². The van der Waals surface area contributed by atoms with Gasteiger partial charge >= 0.3 is 0 Å². The van der Waals surface area contributed by atoms with Crippen molar-refractivity contribution in [3.63, 3.8) is 0 Å². The Morgan fingerprint density at radius 3 is 3.00 bits per heavy atom. The maximum atomic E-state index is 6.11. The zero-order chi connectivity index (χ0) is 14.2. The highest BCUT2D eigenvalue weighted by atomic mass is 15.1. The summed E-state index contributed by atoms with van der Waals surface area (Å²) < 4.78 is 2.07. The van der Waals surface area contributed by atoms with Crippen LogP contribution in [0.4, 0.5) is 5.69 Å². The average Bonchev–Trinajstić information content (AvgIpc) is 2.90. The number of nitrogens with zero attached hydrogens (tertiary/aromatic N) is 3. The molecule has 0 spiro atoms. The van der Waals surface area contributed by atoms with Gasteiger partial charge in [-0.25, -0.2) is 4.98 Å². The number of hydrogen-bond acceptors (Lipinski definition) is 3. The molecule has 0 saturated heterocycles. The van der Waals surface area contributed by atoms with Gasteiger partial charge in [0.15, 0.2) is 0 Å². The van der Waals surface area contributed by atoms with Gasteiger partial charge in [0.25, 0.3) is 0 Å². The van der Waals surface area contributed by atoms with Crippen LogP contribution in [-0.2, 0) is 19.5 Å². The standard InChI is InChI=1S/C17H18N4/c18-16-5-3-4-13-7-9-20(12-15(13)16)10-14-11-21-8-2-1-6-17(21)19-14/h1-6,8,11H,7,9-10,12,18H2. The smallest absolute Gasteiger partial charge is 0.137 e. The van der Waals surface area contributed by atoms with E-state index in [4.69, 9.17) is 5.73 Å². The van der Waals surface area contributed by atoms with Gasteiger partial charge in [-0.2, -0.15) is 0 Å². The molecule has 0 amide bonds. The lowest BCUT2D eigenvalue weighted by atomic mass is 9.98. The van der Waals surface area contributed by atoms with Crippen molar-refractivity contribution in [1.29, 1.82) is 0 Å². The molecular weight excluding hydrogens is 260 g/mol. The first-order valence-electron chi connectivity index (χ1n) is 7.31. The molecule has 1 aliphatic heterocycles. The highest BCUT2D eigenvalue weighted by molar-refractivity contribution is 5.51. The number of nitrogen functional groups attached to an aromatic ring is 1. The number of rotatable bonds is 2. The lowest BCUT2D eigenvalue weighted by Gasteiger charge is -2.28. The average molecular weight is 278 g/mol. The van der Waals surface area contributed by atoms with E-state index in [0.29, 0.717) is 0 Å². The molecule has 0 saturated carbocycles. The highest BCUT2D eigenvalue weighted by Gasteiger charge is 2.18. The van der Waals surface area contributed by atoms with Crippen LogP contribution in [0.2, 0.25) is 0 Å². The third-order valence-electron chi connectivity index (χ3n) is 4.19. The minimum absolute atomic E-state index is 0.870. The number of imidazole rings is 1. The Hall–Kier alpha value is -2.33. The van der Waals surface area contributed by atoms with E-state index in [1.165, 1.54) is 11.1 Å². The molecule has 3 aromatic rings. The van der Waals surface area contributed by atoms with E-state index in [1.54, 1.807) is 0 Å². The molecule has 2 N–H and O–H groups in total. The fourth-order valence-corrected chi connectivity index (χ4v) is 3.09. The fourth-order valence-electron chi connectivity index (χ4n) is 3.09. The largest absolute Gasteiger partial charge is 0.398 e. The zero-order valence-corrected chi connectivity index (χ0v) is 11.9. The van der Waals surface area contributed by atoms with E-state index >= 15 is 0 Å². The Kier molecular flexibility index (Phi) is 2.89. The summed E-state index contributed by atoms with van der Waals surface area (Å²) in [4.78, 5) is 7.09. The van der Waals surface area contributed by atoms with Crippen LogP contribution < -0.4 is 5.73 Å². The molecule has 0 atom stereocenters. The van der Waals surface area contributed by atoms with Gasteiger partial charge in [0.2, 0.25) is 0 Å². The van der Waals surface area contributed by atoms with Crippen LogP contribution in [0.15, 0.2) is 48.8 Å². The number of aromatic nitrogens is 2. The van der Waals surface area contributed by atoms with E-state index in [0.717, 1.165) is 43.1 Å². The molecule has 0 aliphatic carbocycles. The summed E-state index contributed by atoms with van der Waals surface area (Å²) in [5.41, 5.74) is 11.8. The predicted octanol–water partition coefficient (Wildman–Crippen LogP) is 2.47. The Morgan fingerprint density at radius 1 is 1.14 bits per heavy atom. The molecule has 2 aromatic heterocycles. The minimum Gasteiger partial charge on any atom is -0.398 e. The lowest BCUT2D eigenvalue weighted by Crippen LogP contribution is -2.30. The van der Waals surface area contributed by atoms with Gasteiger partial charge in [-0.3, -0.25) is 4.90 Å². The van der Waals surface area contributed by atoms with Gasteiger partial charge in [-0.05, 0) is 35.7 Å². The molecule has 4 rings (SSSR count). The number of pyridine rings is 1. The van der Waals surface area contributed by atoms with Crippen molar-refractivity contribution in [3.05, 3.63) is 65.6 Å². The molecule has 0 fully saturated rings. The third kappa shape index (κ3) is 2.28. The SMILES string of the molecule is Nc1cccc2c1CN(Cc1cn3ccccc3n1)CC2. The zero-order valence-electron chi connectivity index (χ0n) is 11.9. The fraction of sp³-hybridized carbons (Fsp3) is 0.235. The summed E-state index contributed by atoms with van der Waals surface area (Å²) >= 11 is 0. The van der Waals surface area contributed by atoms with E-state index in [-0.39, 0.29) is 0 Å².